The van der Waals surface area contributed by atoms with Crippen LogP contribution in [0.5, 0.6) is 0 Å². The summed E-state index contributed by atoms with van der Waals surface area (Å²) >= 11 is 0. The Kier molecular flexibility index (Phi) is 0.963. The molecular weight excluding hydrogens is 90.1 g/mol. The van der Waals surface area contributed by atoms with Gasteiger partial charge in [0.25, 0.3) is 0 Å². The second-order valence-electron chi connectivity index (χ2n) is 1.65. The molecule has 0 aromatic rings. The van der Waals surface area contributed by atoms with E-state index in [-0.39, 0.29) is 0 Å². The molecule has 0 saturated carbocycles. The minimum Gasteiger partial charge on any atom is -0.412 e. The summed E-state index contributed by atoms with van der Waals surface area (Å²) in [5.74, 6) is 0. The molecule has 0 amide bonds. The zero-order valence-corrected chi connectivity index (χ0v) is 6.02. The first-order valence-electron chi connectivity index (χ1n) is 2.26. The van der Waals surface area contributed by atoms with Crippen molar-refractivity contribution in [1.82, 2.24) is 4.57 Å². The van der Waals surface area contributed by atoms with Crippen molar-refractivity contribution < 1.29 is 0 Å². The SMILES string of the molecule is [SiH3]N1C=CCC1. The molecule has 0 unspecified atom stereocenters. The van der Waals surface area contributed by atoms with Gasteiger partial charge < -0.3 is 4.57 Å². The number of hydrogen-bond acceptors (Lipinski definition) is 1. The second kappa shape index (κ2) is 1.47. The molecule has 6 heavy (non-hydrogen) atoms. The standard InChI is InChI=1S/C4H9NSi/c6-5-3-1-2-4-5/h1,3H,2,4H2,6H3. The van der Waals surface area contributed by atoms with Crippen molar-refractivity contribution in [3.05, 3.63) is 12.3 Å². The van der Waals surface area contributed by atoms with E-state index in [2.05, 4.69) is 16.8 Å². The van der Waals surface area contributed by atoms with Crippen molar-refractivity contribution in [3.63, 3.8) is 0 Å². The second-order valence-corrected chi connectivity index (χ2v) is 2.80. The molecule has 1 nitrogen and oxygen atoms in total. The van der Waals surface area contributed by atoms with E-state index in [0.29, 0.717) is 0 Å². The monoisotopic (exact) mass is 99.1 g/mol. The molecule has 0 radical (unpaired) electrons. The molecule has 1 rings (SSSR count). The minimum absolute atomic E-state index is 1.20. The maximum atomic E-state index is 2.32. The number of hydrogen-bond donors (Lipinski definition) is 0. The van der Waals surface area contributed by atoms with Crippen LogP contribution in [0.2, 0.25) is 0 Å². The van der Waals surface area contributed by atoms with Crippen LogP contribution in [0.1, 0.15) is 6.42 Å². The van der Waals surface area contributed by atoms with Crippen LogP contribution >= 0.6 is 0 Å². The minimum atomic E-state index is 1.20. The van der Waals surface area contributed by atoms with Gasteiger partial charge in [0.1, 0.15) is 10.4 Å². The van der Waals surface area contributed by atoms with Crippen LogP contribution in [0.15, 0.2) is 12.3 Å². The summed E-state index contributed by atoms with van der Waals surface area (Å²) in [7, 11) is 1.20. The highest BCUT2D eigenvalue weighted by Gasteiger charge is 1.92. The summed E-state index contributed by atoms with van der Waals surface area (Å²) in [4.78, 5) is 0. The Morgan fingerprint density at radius 2 is 2.50 bits per heavy atom. The van der Waals surface area contributed by atoms with E-state index in [4.69, 9.17) is 0 Å². The van der Waals surface area contributed by atoms with E-state index >= 15 is 0 Å². The van der Waals surface area contributed by atoms with Crippen LogP contribution in [0, 0.1) is 0 Å². The molecule has 0 fully saturated rings. The van der Waals surface area contributed by atoms with Gasteiger partial charge in [-0.15, -0.1) is 0 Å². The fourth-order valence-corrected chi connectivity index (χ4v) is 1.08. The molecule has 34 valence electrons. The van der Waals surface area contributed by atoms with Crippen molar-refractivity contribution in [1.29, 1.82) is 0 Å². The molecule has 0 atom stereocenters. The third kappa shape index (κ3) is 0.625. The number of nitrogens with zero attached hydrogens (tertiary/aromatic N) is 1. The fraction of sp³-hybridized carbons (Fsp3) is 0.500. The highest BCUT2D eigenvalue weighted by molar-refractivity contribution is 6.05. The third-order valence-corrected chi connectivity index (χ3v) is 1.75. The Morgan fingerprint density at radius 3 is 2.67 bits per heavy atom. The molecule has 0 N–H and O–H groups in total. The van der Waals surface area contributed by atoms with Crippen LogP contribution in [-0.4, -0.2) is 21.5 Å². The summed E-state index contributed by atoms with van der Waals surface area (Å²) in [6.45, 7) is 1.27. The maximum Gasteiger partial charge on any atom is 0.107 e. The van der Waals surface area contributed by atoms with Gasteiger partial charge in [-0.25, -0.2) is 0 Å². The van der Waals surface area contributed by atoms with Gasteiger partial charge in [-0.1, -0.05) is 6.08 Å². The quantitative estimate of drug-likeness (QED) is 0.370. The molecular formula is C4H9NSi. The van der Waals surface area contributed by atoms with Crippen molar-refractivity contribution >= 4 is 10.4 Å². The molecule has 2 heteroatoms. The van der Waals surface area contributed by atoms with Gasteiger partial charge >= 0.3 is 0 Å². The summed E-state index contributed by atoms with van der Waals surface area (Å²) in [6, 6.07) is 0. The smallest absolute Gasteiger partial charge is 0.107 e. The lowest BCUT2D eigenvalue weighted by Gasteiger charge is -2.03. The van der Waals surface area contributed by atoms with Crippen LogP contribution in [0.3, 0.4) is 0 Å². The molecule has 0 aliphatic carbocycles. The van der Waals surface area contributed by atoms with Crippen LogP contribution in [0.4, 0.5) is 0 Å². The van der Waals surface area contributed by atoms with Crippen LogP contribution in [0.25, 0.3) is 0 Å². The van der Waals surface area contributed by atoms with Crippen molar-refractivity contribution in [3.8, 4) is 0 Å². The summed E-state index contributed by atoms with van der Waals surface area (Å²) in [6.07, 6.45) is 5.66. The Bertz CT molecular complexity index is 69.9. The van der Waals surface area contributed by atoms with Gasteiger partial charge in [-0.05, 0) is 12.6 Å². The molecule has 0 aromatic heterocycles. The van der Waals surface area contributed by atoms with Crippen LogP contribution < -0.4 is 0 Å². The van der Waals surface area contributed by atoms with Crippen LogP contribution in [-0.2, 0) is 0 Å². The topological polar surface area (TPSA) is 3.24 Å². The van der Waals surface area contributed by atoms with Crippen molar-refractivity contribution in [2.45, 2.75) is 6.42 Å². The van der Waals surface area contributed by atoms with E-state index in [9.17, 15) is 0 Å². The van der Waals surface area contributed by atoms with Gasteiger partial charge in [-0.3, -0.25) is 0 Å². The maximum absolute atomic E-state index is 2.32. The molecule has 0 saturated heterocycles. The zero-order chi connectivity index (χ0) is 4.41. The van der Waals surface area contributed by atoms with E-state index in [1.807, 2.05) is 0 Å². The Morgan fingerprint density at radius 1 is 1.67 bits per heavy atom. The lowest BCUT2D eigenvalue weighted by molar-refractivity contribution is 0.650. The number of rotatable bonds is 0. The van der Waals surface area contributed by atoms with E-state index in [1.54, 1.807) is 0 Å². The Hall–Kier alpha value is -0.243. The van der Waals surface area contributed by atoms with E-state index in [0.717, 1.165) is 0 Å². The van der Waals surface area contributed by atoms with E-state index < -0.39 is 0 Å². The Labute approximate surface area is 41.1 Å². The summed E-state index contributed by atoms with van der Waals surface area (Å²) in [5, 5.41) is 0. The van der Waals surface area contributed by atoms with Gasteiger partial charge in [0, 0.05) is 6.54 Å². The van der Waals surface area contributed by atoms with Gasteiger partial charge in [0.15, 0.2) is 0 Å². The highest BCUT2D eigenvalue weighted by atomic mass is 28.2. The largest absolute Gasteiger partial charge is 0.412 e. The normalized spacial score (nSPS) is 20.3. The van der Waals surface area contributed by atoms with Crippen molar-refractivity contribution in [2.24, 2.45) is 0 Å². The lowest BCUT2D eigenvalue weighted by Crippen LogP contribution is -2.07. The first-order valence-corrected chi connectivity index (χ1v) is 3.16. The highest BCUT2D eigenvalue weighted by Crippen LogP contribution is 1.96. The average Bonchev–Trinajstić information content (AvgIpc) is 1.86. The first kappa shape index (κ1) is 3.93. The zero-order valence-electron chi connectivity index (χ0n) is 4.02. The molecule has 0 spiro atoms. The molecule has 0 bridgehead atoms. The predicted molar refractivity (Wildman–Crippen MR) is 30.4 cm³/mol. The molecule has 0 aromatic carbocycles. The van der Waals surface area contributed by atoms with Gasteiger partial charge in [-0.2, -0.15) is 0 Å². The lowest BCUT2D eigenvalue weighted by atomic mass is 10.5. The van der Waals surface area contributed by atoms with Crippen molar-refractivity contribution in [2.75, 3.05) is 6.54 Å². The summed E-state index contributed by atoms with van der Waals surface area (Å²) < 4.78 is 2.32. The molecule has 1 aliphatic heterocycles. The van der Waals surface area contributed by atoms with Gasteiger partial charge in [0.2, 0.25) is 0 Å². The summed E-state index contributed by atoms with van der Waals surface area (Å²) in [5.41, 5.74) is 0. The molecule has 1 heterocycles. The first-order chi connectivity index (χ1) is 2.89. The molecule has 1 aliphatic rings. The third-order valence-electron chi connectivity index (χ3n) is 1.01. The van der Waals surface area contributed by atoms with E-state index in [1.165, 1.54) is 23.4 Å². The predicted octanol–water partition coefficient (Wildman–Crippen LogP) is -0.514. The fourth-order valence-electron chi connectivity index (χ4n) is 0.607. The van der Waals surface area contributed by atoms with Gasteiger partial charge in [0.05, 0.1) is 0 Å². The average molecular weight is 99.2 g/mol. The Balaban J connectivity index is 2.38.